The third-order valence-corrected chi connectivity index (χ3v) is 2.30. The Bertz CT molecular complexity index is 353. The Labute approximate surface area is 101 Å². The lowest BCUT2D eigenvalue weighted by Gasteiger charge is -2.12. The molecule has 94 valence electrons. The number of hydrogen-bond donors (Lipinski definition) is 3. The van der Waals surface area contributed by atoms with Gasteiger partial charge in [-0.1, -0.05) is 0 Å². The number of amides is 1. The van der Waals surface area contributed by atoms with Gasteiger partial charge in [-0.15, -0.1) is 0 Å². The van der Waals surface area contributed by atoms with E-state index in [1.165, 1.54) is 6.20 Å². The van der Waals surface area contributed by atoms with E-state index >= 15 is 0 Å². The van der Waals surface area contributed by atoms with E-state index in [1.807, 2.05) is 6.92 Å². The van der Waals surface area contributed by atoms with Crippen LogP contribution in [0, 0.1) is 0 Å². The second-order valence-corrected chi connectivity index (χ2v) is 3.73. The van der Waals surface area contributed by atoms with E-state index in [1.54, 1.807) is 19.2 Å². The van der Waals surface area contributed by atoms with Gasteiger partial charge in [0.25, 0.3) is 5.91 Å². The lowest BCUT2D eigenvalue weighted by atomic mass is 10.2. The van der Waals surface area contributed by atoms with Crippen LogP contribution in [0.3, 0.4) is 0 Å². The molecular formula is C11H18N4O2. The van der Waals surface area contributed by atoms with Crippen molar-refractivity contribution in [2.45, 2.75) is 19.4 Å². The predicted octanol–water partition coefficient (Wildman–Crippen LogP) is 0.522. The zero-order valence-corrected chi connectivity index (χ0v) is 10.1. The first-order valence-corrected chi connectivity index (χ1v) is 5.40. The number of rotatable bonds is 6. The van der Waals surface area contributed by atoms with Crippen molar-refractivity contribution in [3.8, 4) is 0 Å². The molecule has 0 saturated heterocycles. The van der Waals surface area contributed by atoms with Crippen molar-refractivity contribution in [2.75, 3.05) is 19.1 Å². The van der Waals surface area contributed by atoms with Gasteiger partial charge in [-0.3, -0.25) is 10.6 Å². The number of nitrogens with one attached hydrogen (secondary N) is 2. The number of carbonyl (C=O) groups excluding carboxylic acids is 1. The van der Waals surface area contributed by atoms with Gasteiger partial charge in [0.05, 0.1) is 11.9 Å². The second-order valence-electron chi connectivity index (χ2n) is 3.73. The third-order valence-electron chi connectivity index (χ3n) is 2.30. The molecule has 4 N–H and O–H groups in total. The van der Waals surface area contributed by atoms with Crippen LogP contribution in [0.4, 0.5) is 5.69 Å². The SMILES string of the molecule is COCCC(C)NC(=O)c1ccc(NN)cn1. The van der Waals surface area contributed by atoms with E-state index in [4.69, 9.17) is 10.6 Å². The lowest BCUT2D eigenvalue weighted by Crippen LogP contribution is -2.33. The summed E-state index contributed by atoms with van der Waals surface area (Å²) in [4.78, 5) is 15.7. The maximum absolute atomic E-state index is 11.8. The quantitative estimate of drug-likeness (QED) is 0.496. The minimum Gasteiger partial charge on any atom is -0.385 e. The molecule has 0 saturated carbocycles. The molecular weight excluding hydrogens is 220 g/mol. The highest BCUT2D eigenvalue weighted by molar-refractivity contribution is 5.92. The summed E-state index contributed by atoms with van der Waals surface area (Å²) in [6, 6.07) is 3.37. The number of pyridine rings is 1. The van der Waals surface area contributed by atoms with E-state index in [0.717, 1.165) is 6.42 Å². The number of nitrogens with two attached hydrogens (primary N) is 1. The van der Waals surface area contributed by atoms with Crippen LogP contribution >= 0.6 is 0 Å². The zero-order valence-electron chi connectivity index (χ0n) is 10.1. The standard InChI is InChI=1S/C11H18N4O2/c1-8(5-6-17-2)14-11(16)10-4-3-9(15-12)7-13-10/h3-4,7-8,15H,5-6,12H2,1-2H3,(H,14,16). The molecule has 0 bridgehead atoms. The highest BCUT2D eigenvalue weighted by Crippen LogP contribution is 2.04. The number of hydrogen-bond acceptors (Lipinski definition) is 5. The van der Waals surface area contributed by atoms with E-state index in [9.17, 15) is 4.79 Å². The van der Waals surface area contributed by atoms with E-state index < -0.39 is 0 Å². The molecule has 0 aliphatic rings. The minimum absolute atomic E-state index is 0.0524. The van der Waals surface area contributed by atoms with Crippen LogP contribution in [0.2, 0.25) is 0 Å². The lowest BCUT2D eigenvalue weighted by molar-refractivity contribution is 0.0924. The molecule has 1 amide bonds. The number of aromatic nitrogens is 1. The van der Waals surface area contributed by atoms with Gasteiger partial charge in [0.2, 0.25) is 0 Å². The summed E-state index contributed by atoms with van der Waals surface area (Å²) < 4.78 is 4.94. The van der Waals surface area contributed by atoms with Crippen molar-refractivity contribution in [1.82, 2.24) is 10.3 Å². The molecule has 17 heavy (non-hydrogen) atoms. The van der Waals surface area contributed by atoms with Crippen molar-refractivity contribution >= 4 is 11.6 Å². The van der Waals surface area contributed by atoms with Crippen molar-refractivity contribution < 1.29 is 9.53 Å². The van der Waals surface area contributed by atoms with Crippen molar-refractivity contribution in [2.24, 2.45) is 5.84 Å². The summed E-state index contributed by atoms with van der Waals surface area (Å²) in [5.41, 5.74) is 3.48. The summed E-state index contributed by atoms with van der Waals surface area (Å²) in [7, 11) is 1.63. The fourth-order valence-electron chi connectivity index (χ4n) is 1.28. The summed E-state index contributed by atoms with van der Waals surface area (Å²) in [5, 5.41) is 2.84. The highest BCUT2D eigenvalue weighted by Gasteiger charge is 2.10. The van der Waals surface area contributed by atoms with Crippen LogP contribution in [-0.2, 0) is 4.74 Å². The fraction of sp³-hybridized carbons (Fsp3) is 0.455. The Morgan fingerprint density at radius 1 is 1.59 bits per heavy atom. The maximum Gasteiger partial charge on any atom is 0.270 e. The molecule has 1 unspecified atom stereocenters. The Morgan fingerprint density at radius 2 is 2.35 bits per heavy atom. The smallest absolute Gasteiger partial charge is 0.270 e. The highest BCUT2D eigenvalue weighted by atomic mass is 16.5. The van der Waals surface area contributed by atoms with Crippen LogP contribution in [0.5, 0.6) is 0 Å². The fourth-order valence-corrected chi connectivity index (χ4v) is 1.28. The Morgan fingerprint density at radius 3 is 2.88 bits per heavy atom. The normalized spacial score (nSPS) is 11.9. The largest absolute Gasteiger partial charge is 0.385 e. The maximum atomic E-state index is 11.8. The molecule has 1 aromatic heterocycles. The van der Waals surface area contributed by atoms with Crippen LogP contribution in [0.1, 0.15) is 23.8 Å². The first kappa shape index (κ1) is 13.4. The van der Waals surface area contributed by atoms with Gasteiger partial charge < -0.3 is 15.5 Å². The molecule has 0 fully saturated rings. The van der Waals surface area contributed by atoms with Gasteiger partial charge in [-0.25, -0.2) is 4.98 Å². The molecule has 0 aliphatic heterocycles. The molecule has 1 aromatic rings. The minimum atomic E-state index is -0.197. The summed E-state index contributed by atoms with van der Waals surface area (Å²) >= 11 is 0. The van der Waals surface area contributed by atoms with Gasteiger partial charge in [-0.05, 0) is 25.5 Å². The first-order chi connectivity index (χ1) is 8.17. The number of methoxy groups -OCH3 is 1. The molecule has 1 atom stereocenters. The van der Waals surface area contributed by atoms with Crippen LogP contribution < -0.4 is 16.6 Å². The molecule has 0 aliphatic carbocycles. The topological polar surface area (TPSA) is 89.3 Å². The number of hydrazine groups is 1. The van der Waals surface area contributed by atoms with Crippen molar-refractivity contribution in [3.05, 3.63) is 24.0 Å². The van der Waals surface area contributed by atoms with Gasteiger partial charge >= 0.3 is 0 Å². The van der Waals surface area contributed by atoms with Crippen molar-refractivity contribution in [3.63, 3.8) is 0 Å². The van der Waals surface area contributed by atoms with E-state index in [2.05, 4.69) is 15.7 Å². The molecule has 0 spiro atoms. The Balaban J connectivity index is 2.51. The molecule has 0 aromatic carbocycles. The number of anilines is 1. The van der Waals surface area contributed by atoms with Gasteiger partial charge in [0.1, 0.15) is 5.69 Å². The molecule has 1 rings (SSSR count). The molecule has 6 heteroatoms. The van der Waals surface area contributed by atoms with Gasteiger partial charge in [0, 0.05) is 19.8 Å². The van der Waals surface area contributed by atoms with Crippen LogP contribution in [0.15, 0.2) is 18.3 Å². The number of carbonyl (C=O) groups is 1. The van der Waals surface area contributed by atoms with E-state index in [-0.39, 0.29) is 11.9 Å². The van der Waals surface area contributed by atoms with E-state index in [0.29, 0.717) is 18.0 Å². The average molecular weight is 238 g/mol. The number of nitrogens with zero attached hydrogens (tertiary/aromatic N) is 1. The second kappa shape index (κ2) is 6.82. The molecule has 0 radical (unpaired) electrons. The monoisotopic (exact) mass is 238 g/mol. The molecule has 1 heterocycles. The van der Waals surface area contributed by atoms with Gasteiger partial charge in [-0.2, -0.15) is 0 Å². The van der Waals surface area contributed by atoms with Crippen LogP contribution in [-0.4, -0.2) is 30.6 Å². The predicted molar refractivity (Wildman–Crippen MR) is 65.5 cm³/mol. The van der Waals surface area contributed by atoms with Gasteiger partial charge in [0.15, 0.2) is 0 Å². The zero-order chi connectivity index (χ0) is 12.7. The van der Waals surface area contributed by atoms with Crippen molar-refractivity contribution in [1.29, 1.82) is 0 Å². The number of nitrogen functional groups attached to an aromatic ring is 1. The first-order valence-electron chi connectivity index (χ1n) is 5.40. The Hall–Kier alpha value is -1.66. The average Bonchev–Trinajstić information content (AvgIpc) is 2.36. The summed E-state index contributed by atoms with van der Waals surface area (Å²) in [6.07, 6.45) is 2.28. The Kier molecular flexibility index (Phi) is 5.38. The molecule has 6 nitrogen and oxygen atoms in total. The third kappa shape index (κ3) is 4.38. The van der Waals surface area contributed by atoms with Crippen LogP contribution in [0.25, 0.3) is 0 Å². The summed E-state index contributed by atoms with van der Waals surface area (Å²) in [5.74, 6) is 5.01. The summed E-state index contributed by atoms with van der Waals surface area (Å²) in [6.45, 7) is 2.54. The number of ether oxygens (including phenoxy) is 1.